The number of aliphatic hydroxyl groups excluding tert-OH is 1. The number of aliphatic hydroxyl groups is 1. The summed E-state index contributed by atoms with van der Waals surface area (Å²) in [5.41, 5.74) is 6.92. The third-order valence-electron chi connectivity index (χ3n) is 5.10. The van der Waals surface area contributed by atoms with Crippen LogP contribution >= 0.6 is 0 Å². The van der Waals surface area contributed by atoms with E-state index in [1.54, 1.807) is 23.2 Å². The zero-order chi connectivity index (χ0) is 19.0. The van der Waals surface area contributed by atoms with E-state index in [-0.39, 0.29) is 24.2 Å². The molecule has 1 fully saturated rings. The second-order valence-electron chi connectivity index (χ2n) is 6.92. The number of nitrogens with zero attached hydrogens (tertiary/aromatic N) is 4. The van der Waals surface area contributed by atoms with Crippen molar-refractivity contribution in [1.82, 2.24) is 19.5 Å². The second-order valence-corrected chi connectivity index (χ2v) is 6.92. The van der Waals surface area contributed by atoms with Gasteiger partial charge >= 0.3 is 0 Å². The summed E-state index contributed by atoms with van der Waals surface area (Å²) in [6.45, 7) is 2.72. The molecule has 0 atom stereocenters. The normalized spacial score (nSPS) is 19.0. The summed E-state index contributed by atoms with van der Waals surface area (Å²) < 4.78 is 1.67. The van der Waals surface area contributed by atoms with E-state index in [9.17, 15) is 9.90 Å². The standard InChI is InChI=1S/C19H22N6O2/c1-2-25-4-3-12-7-15(13-8-21-19(20)22-9-13)24-17(16(12)18(25)27)23-14-5-11(6-14)10-26/h3-4,7-9,11,14,26H,2,5-6,10H2,1H3,(H,23,24)(H2,20,21,22)/t11-,14+. The maximum atomic E-state index is 12.9. The van der Waals surface area contributed by atoms with E-state index in [1.807, 2.05) is 19.1 Å². The number of hydrogen-bond acceptors (Lipinski definition) is 7. The Morgan fingerprint density at radius 3 is 2.74 bits per heavy atom. The molecule has 0 spiro atoms. The summed E-state index contributed by atoms with van der Waals surface area (Å²) >= 11 is 0. The largest absolute Gasteiger partial charge is 0.396 e. The zero-order valence-electron chi connectivity index (χ0n) is 15.1. The first kappa shape index (κ1) is 17.4. The van der Waals surface area contributed by atoms with Crippen molar-refractivity contribution in [3.63, 3.8) is 0 Å². The Morgan fingerprint density at radius 1 is 1.33 bits per heavy atom. The topological polar surface area (TPSA) is 119 Å². The number of nitrogens with two attached hydrogens (primary N) is 1. The number of aromatic nitrogens is 4. The molecule has 0 saturated heterocycles. The maximum Gasteiger partial charge on any atom is 0.262 e. The van der Waals surface area contributed by atoms with Gasteiger partial charge in [0.05, 0.1) is 11.1 Å². The van der Waals surface area contributed by atoms with E-state index in [0.717, 1.165) is 23.8 Å². The Balaban J connectivity index is 1.82. The number of pyridine rings is 2. The van der Waals surface area contributed by atoms with Gasteiger partial charge in [-0.3, -0.25) is 4.79 Å². The van der Waals surface area contributed by atoms with Crippen molar-refractivity contribution < 1.29 is 5.11 Å². The zero-order valence-corrected chi connectivity index (χ0v) is 15.1. The number of nitrogens with one attached hydrogen (secondary N) is 1. The molecule has 0 radical (unpaired) electrons. The average Bonchev–Trinajstić information content (AvgIpc) is 2.64. The van der Waals surface area contributed by atoms with Crippen LogP contribution in [-0.2, 0) is 6.54 Å². The lowest BCUT2D eigenvalue weighted by Gasteiger charge is -2.35. The number of rotatable bonds is 5. The first-order chi connectivity index (χ1) is 13.1. The molecule has 1 aliphatic carbocycles. The summed E-state index contributed by atoms with van der Waals surface area (Å²) in [7, 11) is 0. The number of fused-ring (bicyclic) bond motifs is 1. The Morgan fingerprint density at radius 2 is 2.07 bits per heavy atom. The lowest BCUT2D eigenvalue weighted by atomic mass is 9.81. The van der Waals surface area contributed by atoms with Gasteiger partial charge in [0.2, 0.25) is 5.95 Å². The number of aryl methyl sites for hydroxylation is 1. The molecule has 1 aliphatic rings. The fourth-order valence-corrected chi connectivity index (χ4v) is 3.47. The molecule has 0 aromatic carbocycles. The van der Waals surface area contributed by atoms with Gasteiger partial charge in [0.1, 0.15) is 5.82 Å². The molecule has 0 bridgehead atoms. The van der Waals surface area contributed by atoms with Crippen LogP contribution in [-0.4, -0.2) is 37.3 Å². The van der Waals surface area contributed by atoms with Gasteiger partial charge in [-0.2, -0.15) is 0 Å². The number of anilines is 2. The van der Waals surface area contributed by atoms with Gasteiger partial charge < -0.3 is 20.7 Å². The van der Waals surface area contributed by atoms with Gasteiger partial charge in [-0.05, 0) is 43.2 Å². The highest BCUT2D eigenvalue weighted by molar-refractivity contribution is 5.94. The third-order valence-corrected chi connectivity index (χ3v) is 5.10. The van der Waals surface area contributed by atoms with Crippen LogP contribution in [0.5, 0.6) is 0 Å². The highest BCUT2D eigenvalue weighted by atomic mass is 16.3. The third kappa shape index (κ3) is 3.23. The molecule has 8 nitrogen and oxygen atoms in total. The van der Waals surface area contributed by atoms with E-state index >= 15 is 0 Å². The van der Waals surface area contributed by atoms with E-state index in [4.69, 9.17) is 10.7 Å². The average molecular weight is 366 g/mol. The first-order valence-electron chi connectivity index (χ1n) is 9.08. The van der Waals surface area contributed by atoms with E-state index < -0.39 is 0 Å². The lowest BCUT2D eigenvalue weighted by Crippen LogP contribution is -2.37. The predicted molar refractivity (Wildman–Crippen MR) is 104 cm³/mol. The number of nitrogen functional groups attached to an aromatic ring is 1. The Bertz CT molecular complexity index is 1020. The van der Waals surface area contributed by atoms with Gasteiger partial charge in [-0.15, -0.1) is 0 Å². The van der Waals surface area contributed by atoms with Gasteiger partial charge in [0, 0.05) is 43.3 Å². The highest BCUT2D eigenvalue weighted by Crippen LogP contribution is 2.32. The molecule has 0 unspecified atom stereocenters. The van der Waals surface area contributed by atoms with Gasteiger partial charge in [0.25, 0.3) is 5.56 Å². The molecule has 8 heteroatoms. The van der Waals surface area contributed by atoms with Crippen molar-refractivity contribution in [3.05, 3.63) is 41.1 Å². The van der Waals surface area contributed by atoms with Crippen LogP contribution in [0.25, 0.3) is 22.0 Å². The summed E-state index contributed by atoms with van der Waals surface area (Å²) in [6, 6.07) is 3.99. The minimum Gasteiger partial charge on any atom is -0.396 e. The summed E-state index contributed by atoms with van der Waals surface area (Å²) in [5.74, 6) is 1.08. The van der Waals surface area contributed by atoms with Gasteiger partial charge in [0.15, 0.2) is 0 Å². The summed E-state index contributed by atoms with van der Waals surface area (Å²) in [4.78, 5) is 25.6. The molecule has 0 amide bonds. The first-order valence-corrected chi connectivity index (χ1v) is 9.08. The number of hydrogen-bond donors (Lipinski definition) is 3. The molecule has 3 heterocycles. The van der Waals surface area contributed by atoms with Gasteiger partial charge in [-0.25, -0.2) is 15.0 Å². The van der Waals surface area contributed by atoms with E-state index in [1.165, 1.54) is 0 Å². The van der Waals surface area contributed by atoms with Crippen molar-refractivity contribution in [1.29, 1.82) is 0 Å². The Kier molecular flexibility index (Phi) is 4.49. The molecule has 0 aliphatic heterocycles. The molecule has 1 saturated carbocycles. The maximum absolute atomic E-state index is 12.9. The van der Waals surface area contributed by atoms with Crippen LogP contribution in [0, 0.1) is 5.92 Å². The lowest BCUT2D eigenvalue weighted by molar-refractivity contribution is 0.151. The molecule has 4 N–H and O–H groups in total. The fourth-order valence-electron chi connectivity index (χ4n) is 3.47. The van der Waals surface area contributed by atoms with Crippen LogP contribution in [0.2, 0.25) is 0 Å². The predicted octanol–water partition coefficient (Wildman–Crippen LogP) is 1.64. The van der Waals surface area contributed by atoms with Crippen molar-refractivity contribution in [2.45, 2.75) is 32.4 Å². The van der Waals surface area contributed by atoms with Crippen LogP contribution < -0.4 is 16.6 Å². The molecular weight excluding hydrogens is 344 g/mol. The monoisotopic (exact) mass is 366 g/mol. The van der Waals surface area contributed by atoms with Crippen LogP contribution in [0.1, 0.15) is 19.8 Å². The molecular formula is C19H22N6O2. The highest BCUT2D eigenvalue weighted by Gasteiger charge is 2.29. The fraction of sp³-hybridized carbons (Fsp3) is 0.368. The molecule has 140 valence electrons. The van der Waals surface area contributed by atoms with Crippen molar-refractivity contribution >= 4 is 22.5 Å². The van der Waals surface area contributed by atoms with Crippen LogP contribution in [0.15, 0.2) is 35.5 Å². The van der Waals surface area contributed by atoms with E-state index in [2.05, 4.69) is 15.3 Å². The summed E-state index contributed by atoms with van der Waals surface area (Å²) in [6.07, 6.45) is 6.77. The van der Waals surface area contributed by atoms with Gasteiger partial charge in [-0.1, -0.05) is 0 Å². The van der Waals surface area contributed by atoms with Crippen molar-refractivity contribution in [2.75, 3.05) is 17.7 Å². The Hall–Kier alpha value is -3.00. The minimum absolute atomic E-state index is 0.0665. The minimum atomic E-state index is -0.0665. The smallest absolute Gasteiger partial charge is 0.262 e. The molecule has 27 heavy (non-hydrogen) atoms. The van der Waals surface area contributed by atoms with Crippen molar-refractivity contribution in [3.8, 4) is 11.3 Å². The quantitative estimate of drug-likeness (QED) is 0.628. The van der Waals surface area contributed by atoms with Crippen LogP contribution in [0.3, 0.4) is 0 Å². The summed E-state index contributed by atoms with van der Waals surface area (Å²) in [5, 5.41) is 14.0. The van der Waals surface area contributed by atoms with Crippen molar-refractivity contribution in [2.24, 2.45) is 5.92 Å². The molecule has 4 rings (SSSR count). The molecule has 3 aromatic rings. The SMILES string of the molecule is CCn1ccc2cc(-c3cnc(N)nc3)nc(N[C@H]3C[C@@H](CO)C3)c2c1=O. The second kappa shape index (κ2) is 6.96. The van der Waals surface area contributed by atoms with E-state index in [0.29, 0.717) is 29.4 Å². The molecule has 3 aromatic heterocycles. The van der Waals surface area contributed by atoms with Crippen LogP contribution in [0.4, 0.5) is 11.8 Å². The Labute approximate surface area is 156 Å².